The Morgan fingerprint density at radius 2 is 0.471 bits per heavy atom. The van der Waals surface area contributed by atoms with E-state index < -0.39 is 0 Å². The molecule has 1 unspecified atom stereocenters. The van der Waals surface area contributed by atoms with Gasteiger partial charge in [0.1, 0.15) is 6.10 Å². The van der Waals surface area contributed by atoms with Gasteiger partial charge in [0, 0.05) is 6.92 Å². The van der Waals surface area contributed by atoms with E-state index in [2.05, 4.69) is 13.8 Å². The third-order valence-corrected chi connectivity index (χ3v) is 21.2. The Labute approximate surface area is 534 Å². The molecular formula is C81H156O4. The third kappa shape index (κ3) is 54.4. The molecular weight excluding hydrogens is 1040 g/mol. The van der Waals surface area contributed by atoms with Crippen molar-refractivity contribution in [3.05, 3.63) is 0 Å². The zero-order chi connectivity index (χ0) is 60.8. The second-order valence-corrected chi connectivity index (χ2v) is 29.4. The summed E-state index contributed by atoms with van der Waals surface area (Å²) in [5.41, 5.74) is 0. The Morgan fingerprint density at radius 1 is 0.282 bits per heavy atom. The summed E-state index contributed by atoms with van der Waals surface area (Å²) >= 11 is 0. The molecule has 0 amide bonds. The van der Waals surface area contributed by atoms with Gasteiger partial charge in [0.05, 0.1) is 13.0 Å². The molecule has 2 fully saturated rings. The van der Waals surface area contributed by atoms with Crippen molar-refractivity contribution in [3.8, 4) is 0 Å². The summed E-state index contributed by atoms with van der Waals surface area (Å²) in [5.74, 6) is 3.52. The van der Waals surface area contributed by atoms with Gasteiger partial charge >= 0.3 is 11.9 Å². The summed E-state index contributed by atoms with van der Waals surface area (Å²) in [6.45, 7) is 6.10. The van der Waals surface area contributed by atoms with Crippen LogP contribution in [0.15, 0.2) is 0 Å². The molecule has 0 N–H and O–H groups in total. The molecule has 0 radical (unpaired) electrons. The van der Waals surface area contributed by atoms with Crippen molar-refractivity contribution in [2.45, 2.75) is 470 Å². The van der Waals surface area contributed by atoms with Crippen LogP contribution in [0.1, 0.15) is 464 Å². The van der Waals surface area contributed by atoms with E-state index in [0.29, 0.717) is 0 Å². The van der Waals surface area contributed by atoms with E-state index in [-0.39, 0.29) is 24.0 Å². The first-order chi connectivity index (χ1) is 42.0. The highest BCUT2D eigenvalue weighted by Crippen LogP contribution is 2.47. The maximum atomic E-state index is 12.9. The van der Waals surface area contributed by atoms with Crippen LogP contribution in [0.3, 0.4) is 0 Å². The molecule has 0 heterocycles. The normalized spacial score (nSPS) is 17.2. The van der Waals surface area contributed by atoms with E-state index in [1.54, 1.807) is 19.3 Å². The minimum absolute atomic E-state index is 0.208. The van der Waals surface area contributed by atoms with Gasteiger partial charge in [0.2, 0.25) is 0 Å². The van der Waals surface area contributed by atoms with E-state index in [1.807, 2.05) is 0 Å². The fraction of sp³-hybridized carbons (Fsp3) is 0.975. The number of hydrogen-bond donors (Lipinski definition) is 0. The highest BCUT2D eigenvalue weighted by molar-refractivity contribution is 5.74. The molecule has 504 valence electrons. The van der Waals surface area contributed by atoms with E-state index >= 15 is 0 Å². The fourth-order valence-corrected chi connectivity index (χ4v) is 15.0. The number of hydrogen-bond acceptors (Lipinski definition) is 4. The summed E-state index contributed by atoms with van der Waals surface area (Å²) in [7, 11) is 1.48. The molecule has 0 bridgehead atoms. The average Bonchev–Trinajstić information content (AvgIpc) is 4.60. The molecule has 0 aromatic rings. The molecule has 0 aromatic heterocycles. The van der Waals surface area contributed by atoms with Crippen LogP contribution in [0.5, 0.6) is 0 Å². The second kappa shape index (κ2) is 63.1. The smallest absolute Gasteiger partial charge is 0.312 e. The maximum absolute atomic E-state index is 12.9. The average molecular weight is 1190 g/mol. The van der Waals surface area contributed by atoms with Gasteiger partial charge in [-0.05, 0) is 55.8 Å². The van der Waals surface area contributed by atoms with Crippen molar-refractivity contribution in [1.82, 2.24) is 0 Å². The molecule has 4 nitrogen and oxygen atoms in total. The lowest BCUT2D eigenvalue weighted by Gasteiger charge is -2.25. The van der Waals surface area contributed by atoms with Crippen molar-refractivity contribution >= 4 is 11.9 Å². The molecule has 4 heteroatoms. The molecule has 2 aliphatic rings. The Kier molecular flexibility index (Phi) is 59.4. The summed E-state index contributed by atoms with van der Waals surface area (Å²) in [6, 6.07) is 0. The van der Waals surface area contributed by atoms with Gasteiger partial charge in [-0.3, -0.25) is 9.59 Å². The minimum atomic E-state index is -0.358. The largest absolute Gasteiger partial charge is 0.469 e. The number of esters is 2. The Balaban J connectivity index is 1.27. The third-order valence-electron chi connectivity index (χ3n) is 21.2. The Hall–Kier alpha value is -1.06. The number of carbonyl (C=O) groups excluding carboxylic acids is 2. The summed E-state index contributed by atoms with van der Waals surface area (Å²) < 4.78 is 11.0. The van der Waals surface area contributed by atoms with E-state index in [9.17, 15) is 9.59 Å². The van der Waals surface area contributed by atoms with Crippen molar-refractivity contribution in [2.24, 2.45) is 29.6 Å². The molecule has 0 saturated heterocycles. The molecule has 0 spiro atoms. The SMILES string of the molecule is CCCCCCCCCCCCCCCCCCCCCCCCC(C(=O)OC)[C@@H](CCCCCCCCCCC[C@H]1C[C@H]1CCCCCCCCCCCCCC[C@H]1C[C@H]1CCCCCCCCCCCCCCCCCCCC)OC(C)=O. The van der Waals surface area contributed by atoms with Crippen LogP contribution >= 0.6 is 0 Å². The fourth-order valence-electron chi connectivity index (χ4n) is 15.0. The van der Waals surface area contributed by atoms with Gasteiger partial charge in [-0.25, -0.2) is 0 Å². The zero-order valence-electron chi connectivity index (χ0n) is 58.9. The predicted molar refractivity (Wildman–Crippen MR) is 375 cm³/mol. The molecule has 85 heavy (non-hydrogen) atoms. The van der Waals surface area contributed by atoms with Gasteiger partial charge in [0.15, 0.2) is 0 Å². The van der Waals surface area contributed by atoms with E-state index in [1.165, 1.54) is 399 Å². The lowest BCUT2D eigenvalue weighted by molar-refractivity contribution is -0.160. The monoisotopic (exact) mass is 1190 g/mol. The lowest BCUT2D eigenvalue weighted by atomic mass is 9.91. The van der Waals surface area contributed by atoms with Crippen molar-refractivity contribution < 1.29 is 19.1 Å². The first kappa shape index (κ1) is 80.0. The molecule has 2 aliphatic carbocycles. The van der Waals surface area contributed by atoms with Gasteiger partial charge in [-0.2, -0.15) is 0 Å². The van der Waals surface area contributed by atoms with Crippen LogP contribution in [0.2, 0.25) is 0 Å². The lowest BCUT2D eigenvalue weighted by Crippen LogP contribution is -2.33. The van der Waals surface area contributed by atoms with Gasteiger partial charge < -0.3 is 9.47 Å². The van der Waals surface area contributed by atoms with Crippen LogP contribution in [0.4, 0.5) is 0 Å². The first-order valence-corrected chi connectivity index (χ1v) is 40.2. The second-order valence-electron chi connectivity index (χ2n) is 29.4. The number of unbranched alkanes of at least 4 members (excludes halogenated alkanes) is 57. The van der Waals surface area contributed by atoms with Gasteiger partial charge in [0.25, 0.3) is 0 Å². The number of rotatable bonds is 72. The molecule has 0 aromatic carbocycles. The Bertz CT molecular complexity index is 1360. The highest BCUT2D eigenvalue weighted by Gasteiger charge is 2.36. The molecule has 6 atom stereocenters. The van der Waals surface area contributed by atoms with Crippen LogP contribution in [-0.2, 0) is 19.1 Å². The summed E-state index contributed by atoms with van der Waals surface area (Å²) in [5, 5.41) is 0. The zero-order valence-corrected chi connectivity index (χ0v) is 58.9. The topological polar surface area (TPSA) is 52.6 Å². The van der Waals surface area contributed by atoms with E-state index in [0.717, 1.165) is 62.2 Å². The number of carbonyl (C=O) groups is 2. The standard InChI is InChI=1S/C81H156O4/c1-5-7-9-11-13-15-17-19-21-23-25-26-27-28-30-32-34-40-46-52-58-64-70-79(81(83)84-4)80(85-74(3)82)71-65-59-53-47-41-45-51-57-63-69-78-73-77(78)68-62-56-50-44-39-36-35-38-43-49-55-61-67-76-72-75(76)66-60-54-48-42-37-33-31-29-24-22-20-18-16-14-12-10-8-6-2/h75-80H,5-73H2,1-4H3/t75-,76+,77-,78+,79?,80-/m1/s1. The van der Waals surface area contributed by atoms with Gasteiger partial charge in [-0.1, -0.05) is 425 Å². The molecule has 2 rings (SSSR count). The van der Waals surface area contributed by atoms with E-state index in [4.69, 9.17) is 9.47 Å². The van der Waals surface area contributed by atoms with Crippen LogP contribution in [-0.4, -0.2) is 25.2 Å². The van der Waals surface area contributed by atoms with Crippen LogP contribution in [0.25, 0.3) is 0 Å². The summed E-state index contributed by atoms with van der Waals surface area (Å²) in [6.07, 6.45) is 96.7. The first-order valence-electron chi connectivity index (χ1n) is 40.2. The van der Waals surface area contributed by atoms with Crippen LogP contribution in [0, 0.1) is 29.6 Å². The van der Waals surface area contributed by atoms with Crippen LogP contribution < -0.4 is 0 Å². The van der Waals surface area contributed by atoms with Crippen molar-refractivity contribution in [3.63, 3.8) is 0 Å². The quantitative estimate of drug-likeness (QED) is 0.0450. The summed E-state index contributed by atoms with van der Waals surface area (Å²) in [4.78, 5) is 25.0. The minimum Gasteiger partial charge on any atom is -0.469 e. The van der Waals surface area contributed by atoms with Crippen molar-refractivity contribution in [2.75, 3.05) is 7.11 Å². The Morgan fingerprint density at radius 3 is 0.671 bits per heavy atom. The number of methoxy groups -OCH3 is 1. The molecule has 0 aliphatic heterocycles. The van der Waals surface area contributed by atoms with Crippen molar-refractivity contribution in [1.29, 1.82) is 0 Å². The number of ether oxygens (including phenoxy) is 2. The maximum Gasteiger partial charge on any atom is 0.312 e. The predicted octanol–water partition coefficient (Wildman–Crippen LogP) is 28.2. The van der Waals surface area contributed by atoms with Gasteiger partial charge in [-0.15, -0.1) is 0 Å². The highest BCUT2D eigenvalue weighted by atomic mass is 16.6. The molecule has 2 saturated carbocycles.